The third-order valence-electron chi connectivity index (χ3n) is 6.22. The standard InChI is InChI=1S/C28H26FNO3S/c1-32-24-6-4-5-23-25(26(31)19-7-11-21(29)12-8-19)27(34-28(23)24)20-9-13-22(14-10-20)33-18-17-30-15-2-3-16-30/h4-14H,2-3,15-18H2,1H3. The fourth-order valence-electron chi connectivity index (χ4n) is 4.43. The van der Waals surface area contributed by atoms with E-state index >= 15 is 0 Å². The molecule has 174 valence electrons. The van der Waals surface area contributed by atoms with Gasteiger partial charge in [0.1, 0.15) is 23.9 Å². The van der Waals surface area contributed by atoms with Gasteiger partial charge in [-0.05, 0) is 86.1 Å². The van der Waals surface area contributed by atoms with Crippen LogP contribution in [-0.2, 0) is 0 Å². The Morgan fingerprint density at radius 1 is 1.00 bits per heavy atom. The lowest BCUT2D eigenvalue weighted by molar-refractivity contribution is 0.104. The zero-order valence-electron chi connectivity index (χ0n) is 19.1. The van der Waals surface area contributed by atoms with E-state index in [0.29, 0.717) is 17.7 Å². The average Bonchev–Trinajstić information content (AvgIpc) is 3.52. The van der Waals surface area contributed by atoms with E-state index in [1.807, 2.05) is 42.5 Å². The molecule has 0 atom stereocenters. The molecule has 2 heterocycles. The van der Waals surface area contributed by atoms with Crippen molar-refractivity contribution in [3.63, 3.8) is 0 Å². The Bertz CT molecular complexity index is 1290. The second-order valence-corrected chi connectivity index (χ2v) is 9.42. The van der Waals surface area contributed by atoms with Crippen molar-refractivity contribution in [2.75, 3.05) is 33.4 Å². The molecule has 1 aliphatic heterocycles. The number of carbonyl (C=O) groups is 1. The smallest absolute Gasteiger partial charge is 0.195 e. The van der Waals surface area contributed by atoms with Crippen LogP contribution < -0.4 is 9.47 Å². The molecule has 6 heteroatoms. The van der Waals surface area contributed by atoms with Gasteiger partial charge in [-0.25, -0.2) is 4.39 Å². The van der Waals surface area contributed by atoms with E-state index in [-0.39, 0.29) is 11.6 Å². The van der Waals surface area contributed by atoms with Gasteiger partial charge in [0.25, 0.3) is 0 Å². The summed E-state index contributed by atoms with van der Waals surface area (Å²) in [4.78, 5) is 16.9. The highest BCUT2D eigenvalue weighted by Crippen LogP contribution is 2.43. The zero-order chi connectivity index (χ0) is 23.5. The largest absolute Gasteiger partial charge is 0.495 e. The van der Waals surface area contributed by atoms with Gasteiger partial charge in [0.2, 0.25) is 0 Å². The van der Waals surface area contributed by atoms with E-state index in [9.17, 15) is 9.18 Å². The molecule has 0 bridgehead atoms. The molecule has 1 fully saturated rings. The van der Waals surface area contributed by atoms with Crippen LogP contribution in [0, 0.1) is 5.82 Å². The Hall–Kier alpha value is -3.22. The number of carbonyl (C=O) groups excluding carboxylic acids is 1. The fraction of sp³-hybridized carbons (Fsp3) is 0.250. The predicted octanol–water partition coefficient (Wildman–Crippen LogP) is 6.42. The number of fused-ring (bicyclic) bond motifs is 1. The Balaban J connectivity index is 1.47. The minimum absolute atomic E-state index is 0.138. The van der Waals surface area contributed by atoms with E-state index in [0.717, 1.165) is 51.7 Å². The van der Waals surface area contributed by atoms with Crippen molar-refractivity contribution in [1.82, 2.24) is 4.90 Å². The average molecular weight is 476 g/mol. The summed E-state index contributed by atoms with van der Waals surface area (Å²) in [5, 5.41) is 0.833. The molecule has 0 unspecified atom stereocenters. The first-order chi connectivity index (χ1) is 16.6. The molecule has 0 aliphatic carbocycles. The van der Waals surface area contributed by atoms with Crippen LogP contribution in [0.3, 0.4) is 0 Å². The van der Waals surface area contributed by atoms with Crippen LogP contribution in [0.1, 0.15) is 28.8 Å². The van der Waals surface area contributed by atoms with E-state index in [4.69, 9.17) is 9.47 Å². The summed E-state index contributed by atoms with van der Waals surface area (Å²) in [6.07, 6.45) is 2.54. The molecule has 4 aromatic rings. The first kappa shape index (κ1) is 22.6. The van der Waals surface area contributed by atoms with Crippen LogP contribution in [-0.4, -0.2) is 44.0 Å². The zero-order valence-corrected chi connectivity index (χ0v) is 19.9. The monoisotopic (exact) mass is 475 g/mol. The van der Waals surface area contributed by atoms with Crippen LogP contribution in [0.5, 0.6) is 11.5 Å². The Labute approximate surface area is 202 Å². The number of likely N-dealkylation sites (tertiary alicyclic amines) is 1. The summed E-state index contributed by atoms with van der Waals surface area (Å²) in [5.74, 6) is 1.03. The number of hydrogen-bond acceptors (Lipinski definition) is 5. The molecule has 5 rings (SSSR count). The molecule has 0 spiro atoms. The fourth-order valence-corrected chi connectivity index (χ4v) is 5.72. The Kier molecular flexibility index (Phi) is 6.61. The van der Waals surface area contributed by atoms with Crippen molar-refractivity contribution in [2.45, 2.75) is 12.8 Å². The van der Waals surface area contributed by atoms with Crippen molar-refractivity contribution in [3.8, 4) is 21.9 Å². The van der Waals surface area contributed by atoms with Gasteiger partial charge in [-0.1, -0.05) is 12.1 Å². The molecular formula is C28H26FNO3S. The molecule has 4 nitrogen and oxygen atoms in total. The van der Waals surface area contributed by atoms with E-state index in [2.05, 4.69) is 4.90 Å². The minimum atomic E-state index is -0.367. The summed E-state index contributed by atoms with van der Waals surface area (Å²) < 4.78 is 25.9. The number of thiophene rings is 1. The third-order valence-corrected chi connectivity index (χ3v) is 7.49. The highest BCUT2D eigenvalue weighted by Gasteiger charge is 2.23. The lowest BCUT2D eigenvalue weighted by Crippen LogP contribution is -2.25. The van der Waals surface area contributed by atoms with Crippen molar-refractivity contribution in [2.24, 2.45) is 0 Å². The van der Waals surface area contributed by atoms with Gasteiger partial charge >= 0.3 is 0 Å². The van der Waals surface area contributed by atoms with Crippen LogP contribution in [0.15, 0.2) is 66.7 Å². The second kappa shape index (κ2) is 9.95. The highest BCUT2D eigenvalue weighted by atomic mass is 32.1. The number of benzene rings is 3. The molecule has 34 heavy (non-hydrogen) atoms. The Morgan fingerprint density at radius 2 is 1.74 bits per heavy atom. The van der Waals surface area contributed by atoms with Crippen LogP contribution in [0.4, 0.5) is 4.39 Å². The minimum Gasteiger partial charge on any atom is -0.495 e. The summed E-state index contributed by atoms with van der Waals surface area (Å²) in [6.45, 7) is 3.91. The van der Waals surface area contributed by atoms with E-state index in [1.165, 1.54) is 48.4 Å². The maximum absolute atomic E-state index is 13.6. The van der Waals surface area contributed by atoms with Crippen molar-refractivity contribution < 1.29 is 18.7 Å². The van der Waals surface area contributed by atoms with Gasteiger partial charge in [-0.2, -0.15) is 0 Å². The number of halogens is 1. The first-order valence-electron chi connectivity index (χ1n) is 11.5. The van der Waals surface area contributed by atoms with E-state index in [1.54, 1.807) is 7.11 Å². The summed E-state index contributed by atoms with van der Waals surface area (Å²) >= 11 is 1.53. The predicted molar refractivity (Wildman–Crippen MR) is 135 cm³/mol. The van der Waals surface area contributed by atoms with Crippen molar-refractivity contribution in [3.05, 3.63) is 83.7 Å². The normalized spacial score (nSPS) is 13.9. The summed E-state index contributed by atoms with van der Waals surface area (Å²) in [6, 6.07) is 19.3. The lowest BCUT2D eigenvalue weighted by Gasteiger charge is -2.15. The Morgan fingerprint density at radius 3 is 2.44 bits per heavy atom. The number of methoxy groups -OCH3 is 1. The number of ketones is 1. The molecule has 1 aromatic heterocycles. The molecule has 1 saturated heterocycles. The number of rotatable bonds is 8. The van der Waals surface area contributed by atoms with Crippen molar-refractivity contribution >= 4 is 27.2 Å². The van der Waals surface area contributed by atoms with Crippen LogP contribution >= 0.6 is 11.3 Å². The van der Waals surface area contributed by atoms with Crippen LogP contribution in [0.25, 0.3) is 20.5 Å². The maximum Gasteiger partial charge on any atom is 0.195 e. The van der Waals surface area contributed by atoms with Gasteiger partial charge < -0.3 is 9.47 Å². The molecule has 0 N–H and O–H groups in total. The van der Waals surface area contributed by atoms with Gasteiger partial charge in [-0.3, -0.25) is 9.69 Å². The molecule has 0 amide bonds. The number of ether oxygens (including phenoxy) is 2. The number of nitrogens with zero attached hydrogens (tertiary/aromatic N) is 1. The SMILES string of the molecule is COc1cccc2c(C(=O)c3ccc(F)cc3)c(-c3ccc(OCCN4CCCC4)cc3)sc12. The number of hydrogen-bond donors (Lipinski definition) is 0. The van der Waals surface area contributed by atoms with Gasteiger partial charge in [0.15, 0.2) is 5.78 Å². The van der Waals surface area contributed by atoms with Crippen LogP contribution in [0.2, 0.25) is 0 Å². The molecule has 3 aromatic carbocycles. The highest BCUT2D eigenvalue weighted by molar-refractivity contribution is 7.23. The second-order valence-electron chi connectivity index (χ2n) is 8.40. The van der Waals surface area contributed by atoms with Gasteiger partial charge in [0.05, 0.1) is 11.8 Å². The topological polar surface area (TPSA) is 38.8 Å². The van der Waals surface area contributed by atoms with Gasteiger partial charge in [-0.15, -0.1) is 11.3 Å². The van der Waals surface area contributed by atoms with Gasteiger partial charge in [0, 0.05) is 27.9 Å². The first-order valence-corrected chi connectivity index (χ1v) is 12.3. The third kappa shape index (κ3) is 4.56. The lowest BCUT2D eigenvalue weighted by atomic mass is 9.97. The molecule has 1 aliphatic rings. The summed E-state index contributed by atoms with van der Waals surface area (Å²) in [5.41, 5.74) is 1.99. The quantitative estimate of drug-likeness (QED) is 0.276. The molecular weight excluding hydrogens is 449 g/mol. The van der Waals surface area contributed by atoms with Crippen molar-refractivity contribution in [1.29, 1.82) is 0 Å². The molecule has 0 saturated carbocycles. The maximum atomic E-state index is 13.6. The van der Waals surface area contributed by atoms with E-state index < -0.39 is 0 Å². The molecule has 0 radical (unpaired) electrons. The summed E-state index contributed by atoms with van der Waals surface area (Å²) in [7, 11) is 1.63.